The van der Waals surface area contributed by atoms with Crippen LogP contribution in [0.1, 0.15) is 28.3 Å². The van der Waals surface area contributed by atoms with Crippen molar-refractivity contribution in [2.24, 2.45) is 5.73 Å². The third-order valence-corrected chi connectivity index (χ3v) is 4.69. The van der Waals surface area contributed by atoms with Crippen LogP contribution in [-0.4, -0.2) is 11.9 Å². The highest BCUT2D eigenvalue weighted by Crippen LogP contribution is 2.39. The van der Waals surface area contributed by atoms with Gasteiger partial charge in [-0.1, -0.05) is 54.6 Å². The standard InChI is InChI=1S/C22H20N2O.ClH/c23-21-14-20(21)17-10-12-19(13-11-17)24-22(25)18-8-6-16(7-9-18)15-4-2-1-3-5-15;/h1-13,20-21H,14,23H2,(H,24,25);1H/t20-,21+;/m0./s1. The minimum Gasteiger partial charge on any atom is -0.327 e. The van der Waals surface area contributed by atoms with Gasteiger partial charge < -0.3 is 11.1 Å². The second kappa shape index (κ2) is 7.73. The van der Waals surface area contributed by atoms with E-state index >= 15 is 0 Å². The Hall–Kier alpha value is -2.62. The first-order chi connectivity index (χ1) is 12.2. The van der Waals surface area contributed by atoms with Gasteiger partial charge >= 0.3 is 0 Å². The Kier molecular flexibility index (Phi) is 5.40. The second-order valence-electron chi connectivity index (χ2n) is 6.53. The summed E-state index contributed by atoms with van der Waals surface area (Å²) in [7, 11) is 0. The van der Waals surface area contributed by atoms with Crippen LogP contribution >= 0.6 is 12.4 Å². The largest absolute Gasteiger partial charge is 0.327 e. The van der Waals surface area contributed by atoms with Crippen molar-refractivity contribution in [3.8, 4) is 11.1 Å². The van der Waals surface area contributed by atoms with Crippen molar-refractivity contribution >= 4 is 24.0 Å². The monoisotopic (exact) mass is 364 g/mol. The molecule has 26 heavy (non-hydrogen) atoms. The molecule has 0 aromatic heterocycles. The lowest BCUT2D eigenvalue weighted by atomic mass is 10.0. The zero-order valence-corrected chi connectivity index (χ0v) is 15.1. The molecule has 132 valence electrons. The van der Waals surface area contributed by atoms with Crippen molar-refractivity contribution in [1.29, 1.82) is 0 Å². The van der Waals surface area contributed by atoms with E-state index in [9.17, 15) is 4.79 Å². The average molecular weight is 365 g/mol. The van der Waals surface area contributed by atoms with Gasteiger partial charge in [0, 0.05) is 23.2 Å². The predicted octanol–water partition coefficient (Wildman–Crippen LogP) is 4.84. The molecule has 0 saturated heterocycles. The van der Waals surface area contributed by atoms with E-state index in [0.29, 0.717) is 17.5 Å². The highest BCUT2D eigenvalue weighted by atomic mass is 35.5. The number of amides is 1. The highest BCUT2D eigenvalue weighted by Gasteiger charge is 2.34. The van der Waals surface area contributed by atoms with E-state index in [0.717, 1.165) is 23.2 Å². The van der Waals surface area contributed by atoms with E-state index in [1.807, 2.05) is 66.7 Å². The summed E-state index contributed by atoms with van der Waals surface area (Å²) in [5.41, 5.74) is 10.8. The molecule has 1 aliphatic carbocycles. The third-order valence-electron chi connectivity index (χ3n) is 4.69. The summed E-state index contributed by atoms with van der Waals surface area (Å²) in [5, 5.41) is 2.95. The SMILES string of the molecule is Cl.N[C@@H]1C[C@H]1c1ccc(NC(=O)c2ccc(-c3ccccc3)cc2)cc1. The maximum absolute atomic E-state index is 12.4. The molecule has 4 heteroatoms. The maximum atomic E-state index is 12.4. The summed E-state index contributed by atoms with van der Waals surface area (Å²) in [6.45, 7) is 0. The van der Waals surface area contributed by atoms with Gasteiger partial charge in [-0.3, -0.25) is 4.79 Å². The minimum absolute atomic E-state index is 0. The van der Waals surface area contributed by atoms with Gasteiger partial charge in [0.2, 0.25) is 0 Å². The zero-order chi connectivity index (χ0) is 17.2. The molecule has 0 aliphatic heterocycles. The van der Waals surface area contributed by atoms with Gasteiger partial charge in [0.1, 0.15) is 0 Å². The first kappa shape index (κ1) is 18.2. The Labute approximate surface area is 159 Å². The predicted molar refractivity (Wildman–Crippen MR) is 109 cm³/mol. The molecule has 1 fully saturated rings. The van der Waals surface area contributed by atoms with Gasteiger partial charge in [0.15, 0.2) is 0 Å². The number of benzene rings is 3. The molecule has 1 saturated carbocycles. The fourth-order valence-electron chi connectivity index (χ4n) is 3.06. The smallest absolute Gasteiger partial charge is 0.255 e. The van der Waals surface area contributed by atoms with Gasteiger partial charge in [-0.15, -0.1) is 12.4 Å². The van der Waals surface area contributed by atoms with Gasteiger partial charge in [0.05, 0.1) is 0 Å². The fourth-order valence-corrected chi connectivity index (χ4v) is 3.06. The van der Waals surface area contributed by atoms with Crippen LogP contribution in [0.25, 0.3) is 11.1 Å². The molecule has 3 N–H and O–H groups in total. The second-order valence-corrected chi connectivity index (χ2v) is 6.53. The molecule has 1 aliphatic rings. The molecule has 3 aromatic carbocycles. The van der Waals surface area contributed by atoms with E-state index in [4.69, 9.17) is 5.73 Å². The number of carbonyl (C=O) groups is 1. The lowest BCUT2D eigenvalue weighted by Crippen LogP contribution is -2.11. The molecule has 0 unspecified atom stereocenters. The molecule has 0 bridgehead atoms. The molecular formula is C22H21ClN2O. The Morgan fingerprint density at radius 1 is 0.846 bits per heavy atom. The van der Waals surface area contributed by atoms with Gasteiger partial charge in [-0.05, 0) is 47.4 Å². The van der Waals surface area contributed by atoms with Gasteiger partial charge in [-0.2, -0.15) is 0 Å². The highest BCUT2D eigenvalue weighted by molar-refractivity contribution is 6.04. The number of hydrogen-bond acceptors (Lipinski definition) is 2. The topological polar surface area (TPSA) is 55.1 Å². The lowest BCUT2D eigenvalue weighted by molar-refractivity contribution is 0.102. The van der Waals surface area contributed by atoms with Crippen LogP contribution < -0.4 is 11.1 Å². The molecular weight excluding hydrogens is 344 g/mol. The zero-order valence-electron chi connectivity index (χ0n) is 14.3. The Morgan fingerprint density at radius 2 is 1.42 bits per heavy atom. The van der Waals surface area contributed by atoms with Crippen LogP contribution in [0, 0.1) is 0 Å². The quantitative estimate of drug-likeness (QED) is 0.695. The van der Waals surface area contributed by atoms with E-state index in [1.54, 1.807) is 0 Å². The molecule has 0 heterocycles. The molecule has 0 radical (unpaired) electrons. The molecule has 3 aromatic rings. The Balaban J connectivity index is 0.00000196. The summed E-state index contributed by atoms with van der Waals surface area (Å²) in [5.74, 6) is 0.380. The van der Waals surface area contributed by atoms with Crippen LogP contribution in [0.15, 0.2) is 78.9 Å². The van der Waals surface area contributed by atoms with Crippen LogP contribution in [0.2, 0.25) is 0 Å². The number of rotatable bonds is 4. The van der Waals surface area contributed by atoms with Crippen molar-refractivity contribution in [3.63, 3.8) is 0 Å². The summed E-state index contributed by atoms with van der Waals surface area (Å²) < 4.78 is 0. The van der Waals surface area contributed by atoms with E-state index in [2.05, 4.69) is 17.4 Å². The average Bonchev–Trinajstić information content (AvgIpc) is 3.40. The maximum Gasteiger partial charge on any atom is 0.255 e. The van der Waals surface area contributed by atoms with Crippen LogP contribution in [0.5, 0.6) is 0 Å². The van der Waals surface area contributed by atoms with Crippen molar-refractivity contribution in [2.75, 3.05) is 5.32 Å². The van der Waals surface area contributed by atoms with Crippen LogP contribution in [0.3, 0.4) is 0 Å². The first-order valence-electron chi connectivity index (χ1n) is 8.53. The lowest BCUT2D eigenvalue weighted by Gasteiger charge is -2.08. The number of hydrogen-bond donors (Lipinski definition) is 2. The summed E-state index contributed by atoms with van der Waals surface area (Å²) in [4.78, 5) is 12.4. The van der Waals surface area contributed by atoms with Gasteiger partial charge in [0.25, 0.3) is 5.91 Å². The van der Waals surface area contributed by atoms with Crippen molar-refractivity contribution in [2.45, 2.75) is 18.4 Å². The molecule has 1 amide bonds. The number of halogens is 1. The van der Waals surface area contributed by atoms with Gasteiger partial charge in [-0.25, -0.2) is 0 Å². The normalized spacial score (nSPS) is 17.9. The van der Waals surface area contributed by atoms with E-state index < -0.39 is 0 Å². The van der Waals surface area contributed by atoms with Crippen LogP contribution in [0.4, 0.5) is 5.69 Å². The third kappa shape index (κ3) is 3.96. The Morgan fingerprint density at radius 3 is 2.00 bits per heavy atom. The molecule has 3 nitrogen and oxygen atoms in total. The van der Waals surface area contributed by atoms with E-state index in [1.165, 1.54) is 5.56 Å². The molecule has 4 rings (SSSR count). The summed E-state index contributed by atoms with van der Waals surface area (Å²) in [6, 6.07) is 26.1. The van der Waals surface area contributed by atoms with Crippen molar-refractivity contribution in [3.05, 3.63) is 90.0 Å². The van der Waals surface area contributed by atoms with Crippen molar-refractivity contribution < 1.29 is 4.79 Å². The van der Waals surface area contributed by atoms with E-state index in [-0.39, 0.29) is 18.3 Å². The number of nitrogens with one attached hydrogen (secondary N) is 1. The van der Waals surface area contributed by atoms with Crippen LogP contribution in [-0.2, 0) is 0 Å². The minimum atomic E-state index is -0.101. The fraction of sp³-hybridized carbons (Fsp3) is 0.136. The van der Waals surface area contributed by atoms with Crippen molar-refractivity contribution in [1.82, 2.24) is 0 Å². The molecule has 0 spiro atoms. The first-order valence-corrected chi connectivity index (χ1v) is 8.53. The number of nitrogens with two attached hydrogens (primary N) is 1. The number of carbonyl (C=O) groups excluding carboxylic acids is 1. The summed E-state index contributed by atoms with van der Waals surface area (Å²) >= 11 is 0. The summed E-state index contributed by atoms with van der Waals surface area (Å²) in [6.07, 6.45) is 1.06. The number of anilines is 1. The molecule has 2 atom stereocenters. The Bertz CT molecular complexity index is 876.